The van der Waals surface area contributed by atoms with Crippen LogP contribution >= 0.6 is 0 Å². The van der Waals surface area contributed by atoms with Gasteiger partial charge in [-0.05, 0) is 19.9 Å². The number of rotatable bonds is 2. The second-order valence-electron chi connectivity index (χ2n) is 4.54. The molecule has 0 radical (unpaired) electrons. The van der Waals surface area contributed by atoms with Crippen LogP contribution in [-0.4, -0.2) is 30.8 Å². The highest BCUT2D eigenvalue weighted by Gasteiger charge is 2.20. The fourth-order valence-corrected chi connectivity index (χ4v) is 2.32. The zero-order valence-corrected chi connectivity index (χ0v) is 10.0. The second kappa shape index (κ2) is 4.85. The molecule has 1 saturated heterocycles. The minimum atomic E-state index is 0.119. The molecule has 1 atom stereocenters. The number of nitrogens with one attached hydrogen (secondary N) is 1. The highest BCUT2D eigenvalue weighted by molar-refractivity contribution is 5.55. The van der Waals surface area contributed by atoms with E-state index in [9.17, 15) is 5.11 Å². The van der Waals surface area contributed by atoms with Crippen LogP contribution in [0.15, 0.2) is 18.2 Å². The molecule has 0 saturated carbocycles. The maximum atomic E-state index is 9.42. The van der Waals surface area contributed by atoms with E-state index in [2.05, 4.69) is 42.3 Å². The number of hydrogen-bond donors (Lipinski definition) is 2. The first-order valence-corrected chi connectivity index (χ1v) is 5.90. The largest absolute Gasteiger partial charge is 0.392 e. The predicted octanol–water partition coefficient (Wildman–Crippen LogP) is 1.29. The van der Waals surface area contributed by atoms with Crippen molar-refractivity contribution in [3.05, 3.63) is 29.3 Å². The number of aliphatic hydroxyl groups excluding tert-OH is 1. The van der Waals surface area contributed by atoms with Crippen LogP contribution in [-0.2, 0) is 6.61 Å². The van der Waals surface area contributed by atoms with Gasteiger partial charge < -0.3 is 15.3 Å². The predicted molar refractivity (Wildman–Crippen MR) is 66.8 cm³/mol. The molecule has 1 unspecified atom stereocenters. The lowest BCUT2D eigenvalue weighted by atomic mass is 10.1. The first-order chi connectivity index (χ1) is 7.72. The van der Waals surface area contributed by atoms with Gasteiger partial charge in [0, 0.05) is 36.9 Å². The third kappa shape index (κ3) is 2.20. The SMILES string of the molecule is Cc1ccc(N2CCNCC2C)c(CO)c1. The fraction of sp³-hybridized carbons (Fsp3) is 0.538. The molecular formula is C13H20N2O. The number of aryl methyl sites for hydroxylation is 1. The van der Waals surface area contributed by atoms with Crippen molar-refractivity contribution >= 4 is 5.69 Å². The summed E-state index contributed by atoms with van der Waals surface area (Å²) < 4.78 is 0. The lowest BCUT2D eigenvalue weighted by Gasteiger charge is -2.37. The van der Waals surface area contributed by atoms with E-state index in [1.165, 1.54) is 11.3 Å². The second-order valence-corrected chi connectivity index (χ2v) is 4.54. The van der Waals surface area contributed by atoms with Crippen molar-refractivity contribution in [2.24, 2.45) is 0 Å². The summed E-state index contributed by atoms with van der Waals surface area (Å²) in [7, 11) is 0. The number of nitrogens with zero attached hydrogens (tertiary/aromatic N) is 1. The third-order valence-corrected chi connectivity index (χ3v) is 3.22. The Bertz CT molecular complexity index is 365. The van der Waals surface area contributed by atoms with E-state index in [-0.39, 0.29) is 6.61 Å². The Morgan fingerprint density at radius 3 is 3.00 bits per heavy atom. The molecule has 0 bridgehead atoms. The molecule has 1 aromatic carbocycles. The van der Waals surface area contributed by atoms with Gasteiger partial charge in [0.1, 0.15) is 0 Å². The molecule has 2 N–H and O–H groups in total. The Kier molecular flexibility index (Phi) is 3.46. The molecule has 16 heavy (non-hydrogen) atoms. The highest BCUT2D eigenvalue weighted by Crippen LogP contribution is 2.24. The Labute approximate surface area is 97.1 Å². The quantitative estimate of drug-likeness (QED) is 0.788. The normalized spacial score (nSPS) is 21.2. The zero-order valence-electron chi connectivity index (χ0n) is 10.0. The average Bonchev–Trinajstić information content (AvgIpc) is 2.30. The number of hydrogen-bond acceptors (Lipinski definition) is 3. The van der Waals surface area contributed by atoms with Crippen LogP contribution < -0.4 is 10.2 Å². The summed E-state index contributed by atoms with van der Waals surface area (Å²) in [5, 5.41) is 12.8. The molecule has 1 aromatic rings. The Balaban J connectivity index is 2.30. The van der Waals surface area contributed by atoms with Crippen molar-refractivity contribution < 1.29 is 5.11 Å². The molecule has 1 aliphatic heterocycles. The maximum Gasteiger partial charge on any atom is 0.0702 e. The first kappa shape index (κ1) is 11.4. The molecule has 88 valence electrons. The molecule has 1 fully saturated rings. The minimum Gasteiger partial charge on any atom is -0.392 e. The van der Waals surface area contributed by atoms with Gasteiger partial charge in [-0.3, -0.25) is 0 Å². The highest BCUT2D eigenvalue weighted by atomic mass is 16.3. The monoisotopic (exact) mass is 220 g/mol. The minimum absolute atomic E-state index is 0.119. The van der Waals surface area contributed by atoms with E-state index in [0.717, 1.165) is 25.2 Å². The summed E-state index contributed by atoms with van der Waals surface area (Å²) in [4.78, 5) is 2.38. The Morgan fingerprint density at radius 2 is 2.31 bits per heavy atom. The summed E-state index contributed by atoms with van der Waals surface area (Å²) in [6.45, 7) is 7.43. The first-order valence-electron chi connectivity index (χ1n) is 5.90. The van der Waals surface area contributed by atoms with Gasteiger partial charge in [-0.1, -0.05) is 17.7 Å². The van der Waals surface area contributed by atoms with Crippen LogP contribution in [0, 0.1) is 6.92 Å². The molecule has 0 aromatic heterocycles. The van der Waals surface area contributed by atoms with Crippen molar-refractivity contribution in [2.75, 3.05) is 24.5 Å². The summed E-state index contributed by atoms with van der Waals surface area (Å²) >= 11 is 0. The zero-order chi connectivity index (χ0) is 11.5. The van der Waals surface area contributed by atoms with Crippen molar-refractivity contribution in [3.63, 3.8) is 0 Å². The lowest BCUT2D eigenvalue weighted by Crippen LogP contribution is -2.50. The van der Waals surface area contributed by atoms with Crippen molar-refractivity contribution in [2.45, 2.75) is 26.5 Å². The van der Waals surface area contributed by atoms with Gasteiger partial charge in [0.15, 0.2) is 0 Å². The molecule has 0 spiro atoms. The van der Waals surface area contributed by atoms with Gasteiger partial charge in [0.25, 0.3) is 0 Å². The van der Waals surface area contributed by atoms with Crippen LogP contribution in [0.3, 0.4) is 0 Å². The Morgan fingerprint density at radius 1 is 1.50 bits per heavy atom. The summed E-state index contributed by atoms with van der Waals surface area (Å²) in [6, 6.07) is 6.80. The molecule has 0 amide bonds. The van der Waals surface area contributed by atoms with E-state index in [4.69, 9.17) is 0 Å². The molecule has 1 heterocycles. The van der Waals surface area contributed by atoms with Crippen molar-refractivity contribution in [1.82, 2.24) is 5.32 Å². The van der Waals surface area contributed by atoms with Gasteiger partial charge in [0.2, 0.25) is 0 Å². The van der Waals surface area contributed by atoms with Gasteiger partial charge in [-0.15, -0.1) is 0 Å². The molecule has 3 heteroatoms. The lowest BCUT2D eigenvalue weighted by molar-refractivity contribution is 0.281. The van der Waals surface area contributed by atoms with Crippen molar-refractivity contribution in [3.8, 4) is 0 Å². The molecule has 1 aliphatic rings. The summed E-state index contributed by atoms with van der Waals surface area (Å²) in [5.74, 6) is 0. The molecule has 0 aliphatic carbocycles. The number of benzene rings is 1. The van der Waals surface area contributed by atoms with E-state index in [1.807, 2.05) is 0 Å². The fourth-order valence-electron chi connectivity index (χ4n) is 2.32. The van der Waals surface area contributed by atoms with E-state index in [1.54, 1.807) is 0 Å². The number of anilines is 1. The average molecular weight is 220 g/mol. The summed E-state index contributed by atoms with van der Waals surface area (Å²) in [6.07, 6.45) is 0. The maximum absolute atomic E-state index is 9.42. The number of piperazine rings is 1. The molecule has 3 nitrogen and oxygen atoms in total. The van der Waals surface area contributed by atoms with Crippen LogP contribution in [0.2, 0.25) is 0 Å². The topological polar surface area (TPSA) is 35.5 Å². The van der Waals surface area contributed by atoms with Crippen molar-refractivity contribution in [1.29, 1.82) is 0 Å². The number of aliphatic hydroxyl groups is 1. The van der Waals surface area contributed by atoms with Crippen LogP contribution in [0.25, 0.3) is 0 Å². The molecule has 2 rings (SSSR count). The van der Waals surface area contributed by atoms with Gasteiger partial charge in [-0.2, -0.15) is 0 Å². The Hall–Kier alpha value is -1.06. The van der Waals surface area contributed by atoms with Crippen LogP contribution in [0.1, 0.15) is 18.1 Å². The standard InChI is InChI=1S/C13H20N2O/c1-10-3-4-13(12(7-10)9-16)15-6-5-14-8-11(15)2/h3-4,7,11,14,16H,5-6,8-9H2,1-2H3. The van der Waals surface area contributed by atoms with Gasteiger partial charge >= 0.3 is 0 Å². The van der Waals surface area contributed by atoms with Gasteiger partial charge in [-0.25, -0.2) is 0 Å². The molecular weight excluding hydrogens is 200 g/mol. The van der Waals surface area contributed by atoms with Gasteiger partial charge in [0.05, 0.1) is 6.61 Å². The van der Waals surface area contributed by atoms with Crippen LogP contribution in [0.4, 0.5) is 5.69 Å². The van der Waals surface area contributed by atoms with E-state index in [0.29, 0.717) is 6.04 Å². The van der Waals surface area contributed by atoms with Crippen LogP contribution in [0.5, 0.6) is 0 Å². The van der Waals surface area contributed by atoms with E-state index < -0.39 is 0 Å². The third-order valence-electron chi connectivity index (χ3n) is 3.22. The smallest absolute Gasteiger partial charge is 0.0702 e. The summed E-state index contributed by atoms with van der Waals surface area (Å²) in [5.41, 5.74) is 3.42. The van der Waals surface area contributed by atoms with E-state index >= 15 is 0 Å².